The second-order valence-corrected chi connectivity index (χ2v) is 8.55. The van der Waals surface area contributed by atoms with Gasteiger partial charge in [0.25, 0.3) is 17.2 Å². The summed E-state index contributed by atoms with van der Waals surface area (Å²) in [5.74, 6) is 1.55. The Hall–Kier alpha value is -4.45. The average Bonchev–Trinajstić information content (AvgIpc) is 3.33. The summed E-state index contributed by atoms with van der Waals surface area (Å²) in [6.07, 6.45) is 1.44. The van der Waals surface area contributed by atoms with Crippen molar-refractivity contribution in [1.29, 1.82) is 0 Å². The Bertz CT molecular complexity index is 1630. The van der Waals surface area contributed by atoms with Gasteiger partial charge in [-0.25, -0.2) is 4.68 Å². The molecule has 2 aromatic carbocycles. The van der Waals surface area contributed by atoms with Crippen LogP contribution in [0, 0.1) is 0 Å². The lowest BCUT2D eigenvalue weighted by Crippen LogP contribution is -2.33. The number of thioether (sulfide) groups is 1. The van der Waals surface area contributed by atoms with E-state index >= 15 is 0 Å². The minimum atomic E-state index is -0.545. The summed E-state index contributed by atoms with van der Waals surface area (Å²) in [5, 5.41) is 13.1. The van der Waals surface area contributed by atoms with Crippen LogP contribution in [-0.2, 0) is 5.75 Å². The summed E-state index contributed by atoms with van der Waals surface area (Å²) in [5.41, 5.74) is 3.97. The molecule has 0 saturated heterocycles. The van der Waals surface area contributed by atoms with Crippen LogP contribution in [0.25, 0.3) is 16.8 Å². The molecule has 1 aliphatic heterocycles. The predicted octanol–water partition coefficient (Wildman–Crippen LogP) is 2.28. The molecule has 6 rings (SSSR count). The number of fused-ring (bicyclic) bond motifs is 4. The fourth-order valence-electron chi connectivity index (χ4n) is 3.62. The lowest BCUT2D eigenvalue weighted by Gasteiger charge is -2.18. The second-order valence-electron chi connectivity index (χ2n) is 7.60. The molecule has 11 nitrogen and oxygen atoms in total. The first kappa shape index (κ1) is 21.1. The van der Waals surface area contributed by atoms with Crippen LogP contribution in [0.4, 0.5) is 0 Å². The van der Waals surface area contributed by atoms with Gasteiger partial charge in [0.2, 0.25) is 5.16 Å². The summed E-state index contributed by atoms with van der Waals surface area (Å²) in [6, 6.07) is 16.4. The molecule has 1 amide bonds. The standard InChI is InChI=1S/C23H17N7O4S/c31-20(15-6-7-17-18(12-15)34-11-10-33-17)27-29-9-8-16-19(21(29)32)25-26-22-24-23(28-30(16)22)35-13-14-4-2-1-3-5-14/h1-9,12H,10-11,13H2,(H,27,31). The van der Waals surface area contributed by atoms with E-state index in [1.165, 1.54) is 22.5 Å². The predicted molar refractivity (Wildman–Crippen MR) is 127 cm³/mol. The maximum Gasteiger partial charge on any atom is 0.299 e. The minimum Gasteiger partial charge on any atom is -0.486 e. The number of carbonyl (C=O) groups is 1. The maximum absolute atomic E-state index is 13.0. The van der Waals surface area contributed by atoms with Gasteiger partial charge in [0, 0.05) is 17.5 Å². The molecular formula is C23H17N7O4S. The molecule has 5 aromatic rings. The summed E-state index contributed by atoms with van der Waals surface area (Å²) in [4.78, 5) is 30.2. The quantitative estimate of drug-likeness (QED) is 0.372. The lowest BCUT2D eigenvalue weighted by atomic mass is 10.2. The summed E-state index contributed by atoms with van der Waals surface area (Å²) in [6.45, 7) is 0.864. The molecule has 4 heterocycles. The van der Waals surface area contributed by atoms with E-state index < -0.39 is 11.5 Å². The highest BCUT2D eigenvalue weighted by Gasteiger charge is 2.17. The van der Waals surface area contributed by atoms with E-state index in [4.69, 9.17) is 9.47 Å². The van der Waals surface area contributed by atoms with Gasteiger partial charge in [0.1, 0.15) is 18.7 Å². The monoisotopic (exact) mass is 487 g/mol. The van der Waals surface area contributed by atoms with Crippen molar-refractivity contribution in [3.8, 4) is 11.5 Å². The van der Waals surface area contributed by atoms with Gasteiger partial charge in [-0.05, 0) is 29.8 Å². The zero-order chi connectivity index (χ0) is 23.8. The Morgan fingerprint density at radius 1 is 1.03 bits per heavy atom. The Labute approximate surface area is 201 Å². The van der Waals surface area contributed by atoms with Crippen molar-refractivity contribution >= 4 is 34.5 Å². The van der Waals surface area contributed by atoms with Crippen LogP contribution in [0.15, 0.2) is 70.7 Å². The van der Waals surface area contributed by atoms with Crippen molar-refractivity contribution in [2.24, 2.45) is 0 Å². The summed E-state index contributed by atoms with van der Waals surface area (Å²) < 4.78 is 13.5. The highest BCUT2D eigenvalue weighted by molar-refractivity contribution is 7.98. The molecule has 0 spiro atoms. The number of hydrogen-bond acceptors (Lipinski definition) is 9. The van der Waals surface area contributed by atoms with E-state index in [-0.39, 0.29) is 11.3 Å². The van der Waals surface area contributed by atoms with Crippen LogP contribution in [-0.4, -0.2) is 48.6 Å². The smallest absolute Gasteiger partial charge is 0.299 e. The lowest BCUT2D eigenvalue weighted by molar-refractivity contribution is 0.101. The van der Waals surface area contributed by atoms with Crippen LogP contribution in [0.2, 0.25) is 0 Å². The van der Waals surface area contributed by atoms with Gasteiger partial charge >= 0.3 is 0 Å². The van der Waals surface area contributed by atoms with Crippen LogP contribution >= 0.6 is 11.8 Å². The third kappa shape index (κ3) is 4.04. The Morgan fingerprint density at radius 3 is 2.71 bits per heavy atom. The molecule has 35 heavy (non-hydrogen) atoms. The van der Waals surface area contributed by atoms with Crippen molar-refractivity contribution < 1.29 is 14.3 Å². The zero-order valence-electron chi connectivity index (χ0n) is 18.1. The zero-order valence-corrected chi connectivity index (χ0v) is 18.9. The molecule has 0 atom stereocenters. The number of benzene rings is 2. The van der Waals surface area contributed by atoms with Crippen molar-refractivity contribution in [1.82, 2.24) is 29.5 Å². The van der Waals surface area contributed by atoms with Crippen molar-refractivity contribution in [2.75, 3.05) is 18.6 Å². The van der Waals surface area contributed by atoms with E-state index in [9.17, 15) is 9.59 Å². The third-order valence-electron chi connectivity index (χ3n) is 5.32. The van der Waals surface area contributed by atoms with Crippen molar-refractivity contribution in [3.05, 3.63) is 82.3 Å². The van der Waals surface area contributed by atoms with Gasteiger partial charge in [-0.2, -0.15) is 9.50 Å². The van der Waals surface area contributed by atoms with Crippen LogP contribution < -0.4 is 20.5 Å². The maximum atomic E-state index is 13.0. The van der Waals surface area contributed by atoms with Crippen molar-refractivity contribution in [3.63, 3.8) is 0 Å². The highest BCUT2D eigenvalue weighted by atomic mass is 32.2. The molecule has 1 aliphatic rings. The molecule has 12 heteroatoms. The average molecular weight is 488 g/mol. The second kappa shape index (κ2) is 8.72. The number of pyridine rings is 1. The van der Waals surface area contributed by atoms with Gasteiger partial charge in [0.15, 0.2) is 17.0 Å². The van der Waals surface area contributed by atoms with Crippen LogP contribution in [0.1, 0.15) is 15.9 Å². The number of aromatic nitrogens is 6. The minimum absolute atomic E-state index is 0.0481. The largest absolute Gasteiger partial charge is 0.486 e. The molecular weight excluding hydrogens is 470 g/mol. The molecule has 3 aromatic heterocycles. The molecule has 1 N–H and O–H groups in total. The molecule has 0 unspecified atom stereocenters. The first-order valence-corrected chi connectivity index (χ1v) is 11.7. The summed E-state index contributed by atoms with van der Waals surface area (Å²) >= 11 is 1.46. The number of nitrogens with one attached hydrogen (secondary N) is 1. The normalized spacial score (nSPS) is 12.7. The number of rotatable bonds is 5. The van der Waals surface area contributed by atoms with Crippen molar-refractivity contribution in [2.45, 2.75) is 10.9 Å². The Kier molecular flexibility index (Phi) is 5.26. The van der Waals surface area contributed by atoms with Crippen LogP contribution in [0.5, 0.6) is 11.5 Å². The topological polar surface area (TPSA) is 126 Å². The molecule has 0 radical (unpaired) electrons. The molecule has 0 aliphatic carbocycles. The van der Waals surface area contributed by atoms with E-state index in [1.807, 2.05) is 30.3 Å². The summed E-state index contributed by atoms with van der Waals surface area (Å²) in [7, 11) is 0. The number of hydrogen-bond donors (Lipinski definition) is 1. The van der Waals surface area contributed by atoms with Crippen LogP contribution in [0.3, 0.4) is 0 Å². The molecule has 0 bridgehead atoms. The molecule has 174 valence electrons. The van der Waals surface area contributed by atoms with Gasteiger partial charge in [-0.3, -0.25) is 15.0 Å². The first-order chi connectivity index (χ1) is 17.2. The van der Waals surface area contributed by atoms with E-state index in [0.717, 1.165) is 10.2 Å². The number of nitrogens with zero attached hydrogens (tertiary/aromatic N) is 6. The number of amides is 1. The van der Waals surface area contributed by atoms with E-state index in [2.05, 4.69) is 25.7 Å². The number of carbonyl (C=O) groups excluding carboxylic acids is 1. The highest BCUT2D eigenvalue weighted by Crippen LogP contribution is 2.30. The fourth-order valence-corrected chi connectivity index (χ4v) is 4.39. The Morgan fingerprint density at radius 2 is 1.86 bits per heavy atom. The van der Waals surface area contributed by atoms with E-state index in [1.54, 1.807) is 24.3 Å². The third-order valence-corrected chi connectivity index (χ3v) is 6.23. The van der Waals surface area contributed by atoms with Gasteiger partial charge in [-0.1, -0.05) is 42.1 Å². The first-order valence-electron chi connectivity index (χ1n) is 10.7. The number of ether oxygens (including phenoxy) is 2. The fraction of sp³-hybridized carbons (Fsp3) is 0.130. The van der Waals surface area contributed by atoms with Gasteiger partial charge < -0.3 is 9.47 Å². The molecule has 0 saturated carbocycles. The van der Waals surface area contributed by atoms with Gasteiger partial charge in [-0.15, -0.1) is 15.3 Å². The van der Waals surface area contributed by atoms with E-state index in [0.29, 0.717) is 46.7 Å². The SMILES string of the molecule is O=C(Nn1ccc2c(nnc3nc(SCc4ccccc4)nn32)c1=O)c1ccc2c(c1)OCCO2. The Balaban J connectivity index is 1.27. The van der Waals surface area contributed by atoms with Gasteiger partial charge in [0.05, 0.1) is 0 Å². The molecule has 0 fully saturated rings.